The molecule has 30 heavy (non-hydrogen) atoms. The number of imidazole rings is 1. The molecule has 0 aliphatic heterocycles. The molecule has 0 bridgehead atoms. The average Bonchev–Trinajstić information content (AvgIpc) is 3.21. The first-order chi connectivity index (χ1) is 14.7. The lowest BCUT2D eigenvalue weighted by Crippen LogP contribution is -2.12. The summed E-state index contributed by atoms with van der Waals surface area (Å²) in [6, 6.07) is 15.2. The van der Waals surface area contributed by atoms with Gasteiger partial charge in [-0.05, 0) is 37.3 Å². The van der Waals surface area contributed by atoms with Gasteiger partial charge in [-0.25, -0.2) is 0 Å². The maximum atomic E-state index is 12.8. The fraction of sp³-hybridized carbons (Fsp3) is 0.227. The Morgan fingerprint density at radius 3 is 2.70 bits per heavy atom. The summed E-state index contributed by atoms with van der Waals surface area (Å²) < 4.78 is 24.2. The molecule has 1 N–H and O–H groups in total. The first-order valence-corrected chi connectivity index (χ1v) is 10.9. The van der Waals surface area contributed by atoms with Crippen LogP contribution in [0.2, 0.25) is 0 Å². The van der Waals surface area contributed by atoms with Gasteiger partial charge in [-0.1, -0.05) is 18.2 Å². The number of rotatable bonds is 9. The Kier molecular flexibility index (Phi) is 6.58. The fourth-order valence-electron chi connectivity index (χ4n) is 2.96. The number of pyridine rings is 2. The molecular formula is C22H22N4O3S. The standard InChI is InChI=1S/C22H22N4O3S/c1-16-20(15-30(27)22-25-18-7-2-3-8-19(18)26-22)24-11-9-21(16)29-13-12-28-14-17-6-4-5-10-23-17/h2-11H,12-15H2,1H3,(H,25,26). The van der Waals surface area contributed by atoms with Crippen LogP contribution in [0, 0.1) is 6.92 Å². The summed E-state index contributed by atoms with van der Waals surface area (Å²) in [4.78, 5) is 16.1. The maximum absolute atomic E-state index is 12.8. The Bertz CT molecular complexity index is 1070. The van der Waals surface area contributed by atoms with Crippen LogP contribution in [0.4, 0.5) is 0 Å². The van der Waals surface area contributed by atoms with Crippen LogP contribution in [0.5, 0.6) is 5.75 Å². The number of hydrogen-bond acceptors (Lipinski definition) is 6. The summed E-state index contributed by atoms with van der Waals surface area (Å²) >= 11 is -1.33. The number of aromatic amines is 1. The van der Waals surface area contributed by atoms with Crippen LogP contribution in [0.15, 0.2) is 66.1 Å². The summed E-state index contributed by atoms with van der Waals surface area (Å²) in [7, 11) is 0. The topological polar surface area (TPSA) is 96.0 Å². The van der Waals surface area contributed by atoms with Crippen LogP contribution in [-0.4, -0.2) is 37.7 Å². The number of H-pyrrole nitrogens is 1. The third-order valence-electron chi connectivity index (χ3n) is 4.57. The zero-order valence-corrected chi connectivity index (χ0v) is 17.4. The van der Waals surface area contributed by atoms with Gasteiger partial charge in [-0.3, -0.25) is 15.0 Å². The molecule has 0 spiro atoms. The number of nitrogens with one attached hydrogen (secondary N) is 1. The number of benzene rings is 1. The van der Waals surface area contributed by atoms with Gasteiger partial charge in [0.25, 0.3) is 0 Å². The highest BCUT2D eigenvalue weighted by Gasteiger charge is 2.20. The van der Waals surface area contributed by atoms with Crippen LogP contribution < -0.4 is 4.74 Å². The molecule has 7 nitrogen and oxygen atoms in total. The third-order valence-corrected chi connectivity index (χ3v) is 5.73. The van der Waals surface area contributed by atoms with Gasteiger partial charge in [-0.2, -0.15) is 4.98 Å². The SMILES string of the molecule is Cc1c(OCCOCc2ccccn2)ccnc1C[S+]([O-])c1nc2ccccc2[nH]1. The van der Waals surface area contributed by atoms with E-state index in [1.807, 2.05) is 55.5 Å². The van der Waals surface area contributed by atoms with Crippen molar-refractivity contribution in [2.24, 2.45) is 0 Å². The van der Waals surface area contributed by atoms with Crippen molar-refractivity contribution in [3.63, 3.8) is 0 Å². The molecule has 4 rings (SSSR count). The molecule has 0 fully saturated rings. The van der Waals surface area contributed by atoms with Crippen molar-refractivity contribution >= 4 is 22.2 Å². The zero-order valence-electron chi connectivity index (χ0n) is 16.6. The molecule has 3 aromatic heterocycles. The molecule has 8 heteroatoms. The van der Waals surface area contributed by atoms with Crippen molar-refractivity contribution in [3.05, 3.63) is 77.9 Å². The smallest absolute Gasteiger partial charge is 0.322 e. The molecule has 0 aliphatic rings. The molecule has 0 amide bonds. The Morgan fingerprint density at radius 1 is 1.00 bits per heavy atom. The number of hydrogen-bond donors (Lipinski definition) is 1. The van der Waals surface area contributed by atoms with Gasteiger partial charge in [0.05, 0.1) is 35.6 Å². The van der Waals surface area contributed by atoms with Crippen LogP contribution in [-0.2, 0) is 28.3 Å². The molecule has 0 saturated carbocycles. The summed E-state index contributed by atoms with van der Waals surface area (Å²) in [6.07, 6.45) is 3.41. The second-order valence-corrected chi connectivity index (χ2v) is 8.02. The Labute approximate surface area is 177 Å². The van der Waals surface area contributed by atoms with E-state index in [1.54, 1.807) is 12.4 Å². The highest BCUT2D eigenvalue weighted by atomic mass is 32.2. The molecule has 4 aromatic rings. The molecule has 1 aromatic carbocycles. The van der Waals surface area contributed by atoms with Gasteiger partial charge >= 0.3 is 5.16 Å². The lowest BCUT2D eigenvalue weighted by atomic mass is 10.2. The Morgan fingerprint density at radius 2 is 1.87 bits per heavy atom. The number of fused-ring (bicyclic) bond motifs is 1. The van der Waals surface area contributed by atoms with Gasteiger partial charge in [0, 0.05) is 29.1 Å². The normalized spacial score (nSPS) is 12.2. The average molecular weight is 423 g/mol. The number of aromatic nitrogens is 4. The zero-order chi connectivity index (χ0) is 20.8. The van der Waals surface area contributed by atoms with Gasteiger partial charge in [0.1, 0.15) is 12.4 Å². The molecule has 0 radical (unpaired) electrons. The molecular weight excluding hydrogens is 400 g/mol. The van der Waals surface area contributed by atoms with Crippen LogP contribution >= 0.6 is 0 Å². The largest absolute Gasteiger partial charge is 0.609 e. The minimum Gasteiger partial charge on any atom is -0.609 e. The Hall–Kier alpha value is -2.94. The molecule has 154 valence electrons. The molecule has 3 heterocycles. The van der Waals surface area contributed by atoms with Crippen molar-refractivity contribution in [1.29, 1.82) is 0 Å². The maximum Gasteiger partial charge on any atom is 0.322 e. The molecule has 0 saturated heterocycles. The van der Waals surface area contributed by atoms with Gasteiger partial charge in [-0.15, -0.1) is 0 Å². The number of nitrogens with zero attached hydrogens (tertiary/aromatic N) is 3. The van der Waals surface area contributed by atoms with E-state index in [2.05, 4.69) is 19.9 Å². The minimum absolute atomic E-state index is 0.263. The molecule has 1 unspecified atom stereocenters. The third kappa shape index (κ3) is 4.96. The predicted molar refractivity (Wildman–Crippen MR) is 115 cm³/mol. The highest BCUT2D eigenvalue weighted by molar-refractivity contribution is 7.90. The number of ether oxygens (including phenoxy) is 2. The van der Waals surface area contributed by atoms with Crippen LogP contribution in [0.3, 0.4) is 0 Å². The quantitative estimate of drug-likeness (QED) is 0.327. The van der Waals surface area contributed by atoms with Crippen molar-refractivity contribution in [2.75, 3.05) is 13.2 Å². The summed E-state index contributed by atoms with van der Waals surface area (Å²) in [6.45, 7) is 3.21. The van der Waals surface area contributed by atoms with Crippen molar-refractivity contribution in [3.8, 4) is 5.75 Å². The first kappa shape index (κ1) is 20.3. The van der Waals surface area contributed by atoms with Gasteiger partial charge in [0.2, 0.25) is 0 Å². The minimum atomic E-state index is -1.33. The molecule has 1 atom stereocenters. The van der Waals surface area contributed by atoms with Crippen molar-refractivity contribution < 1.29 is 14.0 Å². The number of para-hydroxylation sites is 2. The monoisotopic (exact) mass is 422 g/mol. The van der Waals surface area contributed by atoms with Crippen molar-refractivity contribution in [1.82, 2.24) is 19.9 Å². The van der Waals surface area contributed by atoms with Gasteiger partial charge in [0.15, 0.2) is 5.75 Å². The summed E-state index contributed by atoms with van der Waals surface area (Å²) in [5.74, 6) is 0.974. The van der Waals surface area contributed by atoms with E-state index in [9.17, 15) is 4.55 Å². The van der Waals surface area contributed by atoms with Crippen molar-refractivity contribution in [2.45, 2.75) is 24.4 Å². The van der Waals surface area contributed by atoms with E-state index in [-0.39, 0.29) is 5.75 Å². The first-order valence-electron chi connectivity index (χ1n) is 9.59. The summed E-state index contributed by atoms with van der Waals surface area (Å²) in [5.41, 5.74) is 4.14. The van der Waals surface area contributed by atoms with E-state index >= 15 is 0 Å². The van der Waals surface area contributed by atoms with E-state index in [0.717, 1.165) is 28.0 Å². The fourth-order valence-corrected chi connectivity index (χ4v) is 4.06. The summed E-state index contributed by atoms with van der Waals surface area (Å²) in [5, 5.41) is 0.451. The second-order valence-electron chi connectivity index (χ2n) is 6.65. The lowest BCUT2D eigenvalue weighted by molar-refractivity contribution is 0.0867. The highest BCUT2D eigenvalue weighted by Crippen LogP contribution is 2.23. The Balaban J connectivity index is 1.33. The van der Waals surface area contributed by atoms with E-state index in [0.29, 0.717) is 30.7 Å². The molecule has 0 aliphatic carbocycles. The van der Waals surface area contributed by atoms with E-state index in [4.69, 9.17) is 9.47 Å². The van der Waals surface area contributed by atoms with E-state index < -0.39 is 11.2 Å². The lowest BCUT2D eigenvalue weighted by Gasteiger charge is -2.13. The van der Waals surface area contributed by atoms with E-state index in [1.165, 1.54) is 0 Å². The van der Waals surface area contributed by atoms with Crippen LogP contribution in [0.25, 0.3) is 11.0 Å². The predicted octanol–water partition coefficient (Wildman–Crippen LogP) is 3.56. The second kappa shape index (κ2) is 9.71. The van der Waals surface area contributed by atoms with Crippen LogP contribution in [0.1, 0.15) is 17.0 Å². The van der Waals surface area contributed by atoms with Gasteiger partial charge < -0.3 is 14.0 Å².